The van der Waals surface area contributed by atoms with Crippen LogP contribution < -0.4 is 5.32 Å². The van der Waals surface area contributed by atoms with Crippen LogP contribution in [0.3, 0.4) is 0 Å². The highest BCUT2D eigenvalue weighted by atomic mass is 32.1. The Hall–Kier alpha value is -2.55. The molecule has 0 unspecified atom stereocenters. The summed E-state index contributed by atoms with van der Waals surface area (Å²) < 4.78 is 13.3. The minimum absolute atomic E-state index is 0.00908. The highest BCUT2D eigenvalue weighted by Gasteiger charge is 2.47. The zero-order chi connectivity index (χ0) is 21.5. The van der Waals surface area contributed by atoms with Crippen LogP contribution in [0.2, 0.25) is 0 Å². The van der Waals surface area contributed by atoms with E-state index < -0.39 is 0 Å². The summed E-state index contributed by atoms with van der Waals surface area (Å²) in [5.74, 6) is 1.48. The van der Waals surface area contributed by atoms with Gasteiger partial charge in [0.1, 0.15) is 17.2 Å². The average Bonchev–Trinajstić information content (AvgIpc) is 3.40. The zero-order valence-electron chi connectivity index (χ0n) is 17.8. The van der Waals surface area contributed by atoms with Gasteiger partial charge in [-0.25, -0.2) is 4.98 Å². The van der Waals surface area contributed by atoms with Crippen molar-refractivity contribution in [3.63, 3.8) is 0 Å². The van der Waals surface area contributed by atoms with Gasteiger partial charge in [0.15, 0.2) is 17.1 Å². The van der Waals surface area contributed by atoms with Gasteiger partial charge in [0.2, 0.25) is 11.7 Å². The predicted molar refractivity (Wildman–Crippen MR) is 117 cm³/mol. The van der Waals surface area contributed by atoms with Gasteiger partial charge in [0.25, 0.3) is 0 Å². The molecule has 0 radical (unpaired) electrons. The molecule has 1 aromatic heterocycles. The number of carbonyl (C=O) groups is 2. The van der Waals surface area contributed by atoms with Crippen molar-refractivity contribution in [1.29, 1.82) is 0 Å². The molecule has 1 aromatic rings. The van der Waals surface area contributed by atoms with Crippen molar-refractivity contribution in [3.05, 3.63) is 16.3 Å². The average molecular weight is 444 g/mol. The van der Waals surface area contributed by atoms with Gasteiger partial charge in [0, 0.05) is 23.9 Å². The monoisotopic (exact) mass is 443 g/mol. The molecule has 0 atom stereocenters. The Morgan fingerprint density at radius 2 is 2.03 bits per heavy atom. The molecule has 0 saturated heterocycles. The largest absolute Gasteiger partial charge is 0.479 e. The molecule has 3 heterocycles. The van der Waals surface area contributed by atoms with Crippen LogP contribution in [0.25, 0.3) is 5.70 Å². The van der Waals surface area contributed by atoms with Gasteiger partial charge in [-0.15, -0.1) is 0 Å². The second-order valence-corrected chi connectivity index (χ2v) is 9.56. The molecule has 9 heteroatoms. The number of ether oxygens (including phenoxy) is 2. The Bertz CT molecular complexity index is 1010. The quantitative estimate of drug-likeness (QED) is 0.555. The summed E-state index contributed by atoms with van der Waals surface area (Å²) in [4.78, 5) is 29.1. The lowest BCUT2D eigenvalue weighted by atomic mass is 9.82. The van der Waals surface area contributed by atoms with Gasteiger partial charge in [-0.2, -0.15) is 0 Å². The lowest BCUT2D eigenvalue weighted by Gasteiger charge is -2.23. The minimum atomic E-state index is -0.135. The van der Waals surface area contributed by atoms with E-state index in [2.05, 4.69) is 16.5 Å². The van der Waals surface area contributed by atoms with Crippen molar-refractivity contribution >= 4 is 46.0 Å². The predicted octanol–water partition coefficient (Wildman–Crippen LogP) is 3.53. The molecule has 2 saturated carbocycles. The fourth-order valence-corrected chi connectivity index (χ4v) is 5.51. The van der Waals surface area contributed by atoms with E-state index in [1.165, 1.54) is 18.3 Å². The smallest absolute Gasteiger partial charge is 0.308 e. The number of rotatable bonds is 5. The van der Waals surface area contributed by atoms with Gasteiger partial charge >= 0.3 is 11.7 Å². The first-order valence-corrected chi connectivity index (χ1v) is 11.9. The molecule has 5 rings (SSSR count). The van der Waals surface area contributed by atoms with Gasteiger partial charge in [-0.3, -0.25) is 9.59 Å². The van der Waals surface area contributed by atoms with Crippen LogP contribution in [-0.2, 0) is 25.7 Å². The third-order valence-corrected chi connectivity index (χ3v) is 7.17. The summed E-state index contributed by atoms with van der Waals surface area (Å²) >= 11 is 1.47. The highest BCUT2D eigenvalue weighted by Crippen LogP contribution is 2.45. The SMILES string of the molecule is CCOC(=O)C1CCC(C=[N+]2N=C(C3CC3)C3=C2c2sc(NC(C)=O)nc2CO3)CC1. The lowest BCUT2D eigenvalue weighted by molar-refractivity contribution is -0.431. The zero-order valence-corrected chi connectivity index (χ0v) is 18.7. The van der Waals surface area contributed by atoms with Crippen LogP contribution in [0.1, 0.15) is 62.9 Å². The first-order chi connectivity index (χ1) is 15.0. The number of amides is 1. The molecule has 8 nitrogen and oxygen atoms in total. The van der Waals surface area contributed by atoms with Crippen molar-refractivity contribution in [2.24, 2.45) is 22.9 Å². The molecule has 2 aliphatic carbocycles. The van der Waals surface area contributed by atoms with E-state index in [1.54, 1.807) is 0 Å². The standard InChI is InChI=1S/C22H26N4O4S/c1-3-29-21(28)15-6-4-13(5-7-15)10-26-18-19(17(25-26)14-8-9-14)30-11-16-20(18)31-22(24-16)23-12(2)27/h10,13-15H,3-9,11H2,1-2H3/p+1. The van der Waals surface area contributed by atoms with Crippen molar-refractivity contribution < 1.29 is 23.7 Å². The number of allylic oxidation sites excluding steroid dienone is 1. The molecule has 1 amide bonds. The number of fused-ring (bicyclic) bond motifs is 2. The Kier molecular flexibility index (Phi) is 5.37. The summed E-state index contributed by atoms with van der Waals surface area (Å²) in [6, 6.07) is 0. The summed E-state index contributed by atoms with van der Waals surface area (Å²) in [6.45, 7) is 4.17. The maximum absolute atomic E-state index is 12.1. The second-order valence-electron chi connectivity index (χ2n) is 8.56. The number of carbonyl (C=O) groups excluding carboxylic acids is 2. The van der Waals surface area contributed by atoms with E-state index in [-0.39, 0.29) is 17.8 Å². The van der Waals surface area contributed by atoms with E-state index in [4.69, 9.17) is 14.6 Å². The van der Waals surface area contributed by atoms with Gasteiger partial charge in [-0.05, 0) is 45.4 Å². The normalized spacial score (nSPS) is 26.1. The molecule has 0 spiro atoms. The van der Waals surface area contributed by atoms with Crippen molar-refractivity contribution in [1.82, 2.24) is 4.98 Å². The van der Waals surface area contributed by atoms with Gasteiger partial charge < -0.3 is 14.8 Å². The third-order valence-electron chi connectivity index (χ3n) is 6.15. The summed E-state index contributed by atoms with van der Waals surface area (Å²) in [7, 11) is 0. The highest BCUT2D eigenvalue weighted by molar-refractivity contribution is 7.16. The molecule has 2 aliphatic heterocycles. The molecule has 2 fully saturated rings. The second kappa shape index (κ2) is 8.18. The molecule has 0 aromatic carbocycles. The number of aromatic nitrogens is 1. The van der Waals surface area contributed by atoms with Crippen LogP contribution in [-0.4, -0.2) is 40.1 Å². The van der Waals surface area contributed by atoms with Crippen LogP contribution in [0.5, 0.6) is 0 Å². The molecule has 164 valence electrons. The molecular formula is C22H27N4O4S+. The van der Waals surface area contributed by atoms with Crippen molar-refractivity contribution in [2.45, 2.75) is 59.0 Å². The maximum Gasteiger partial charge on any atom is 0.308 e. The fraction of sp³-hybridized carbons (Fsp3) is 0.591. The molecule has 4 aliphatic rings. The topological polar surface area (TPSA) is 92.9 Å². The van der Waals surface area contributed by atoms with Gasteiger partial charge in [-0.1, -0.05) is 16.0 Å². The summed E-state index contributed by atoms with van der Waals surface area (Å²) in [5.41, 5.74) is 2.82. The van der Waals surface area contributed by atoms with Crippen LogP contribution in [0, 0.1) is 17.8 Å². The van der Waals surface area contributed by atoms with E-state index >= 15 is 0 Å². The molecule has 1 N–H and O–H groups in total. The number of nitrogens with one attached hydrogen (secondary N) is 1. The lowest BCUT2D eigenvalue weighted by Crippen LogP contribution is -2.25. The third kappa shape index (κ3) is 4.03. The number of hydrazone groups is 1. The Morgan fingerprint density at radius 3 is 2.71 bits per heavy atom. The van der Waals surface area contributed by atoms with Crippen molar-refractivity contribution in [3.8, 4) is 0 Å². The number of hydrogen-bond donors (Lipinski definition) is 1. The Labute approximate surface area is 185 Å². The number of nitrogens with zero attached hydrogens (tertiary/aromatic N) is 3. The molecule has 31 heavy (non-hydrogen) atoms. The first kappa shape index (κ1) is 20.4. The Morgan fingerprint density at radius 1 is 1.26 bits per heavy atom. The van der Waals surface area contributed by atoms with E-state index in [0.717, 1.165) is 66.3 Å². The van der Waals surface area contributed by atoms with E-state index in [1.807, 2.05) is 11.6 Å². The number of esters is 1. The van der Waals surface area contributed by atoms with Gasteiger partial charge in [0.05, 0.1) is 12.5 Å². The van der Waals surface area contributed by atoms with E-state index in [0.29, 0.717) is 30.2 Å². The first-order valence-electron chi connectivity index (χ1n) is 11.1. The number of thiazole rings is 1. The number of hydrogen-bond acceptors (Lipinski definition) is 7. The van der Waals surface area contributed by atoms with Crippen LogP contribution >= 0.6 is 11.3 Å². The van der Waals surface area contributed by atoms with Crippen LogP contribution in [0.4, 0.5) is 5.13 Å². The minimum Gasteiger partial charge on any atom is -0.479 e. The summed E-state index contributed by atoms with van der Waals surface area (Å²) in [6.07, 6.45) is 8.02. The Balaban J connectivity index is 1.41. The summed E-state index contributed by atoms with van der Waals surface area (Å²) in [5, 5.41) is 8.31. The fourth-order valence-electron chi connectivity index (χ4n) is 4.46. The molecular weight excluding hydrogens is 416 g/mol. The van der Waals surface area contributed by atoms with E-state index in [9.17, 15) is 9.59 Å². The van der Waals surface area contributed by atoms with Crippen molar-refractivity contribution in [2.75, 3.05) is 11.9 Å². The number of anilines is 1. The van der Waals surface area contributed by atoms with Crippen LogP contribution in [0.15, 0.2) is 10.9 Å². The maximum atomic E-state index is 12.1. The molecule has 0 bridgehead atoms.